The van der Waals surface area contributed by atoms with Gasteiger partial charge in [0.1, 0.15) is 0 Å². The topological polar surface area (TPSA) is 70.3 Å². The molecule has 0 spiro atoms. The molecule has 7 heteroatoms. The fraction of sp³-hybridized carbons (Fsp3) is 0.571. The molecule has 5 N–H and O–H groups in total. The molecule has 4 nitrogen and oxygen atoms in total. The van der Waals surface area contributed by atoms with Crippen molar-refractivity contribution in [2.45, 2.75) is 44.8 Å². The number of aliphatic hydroxyl groups excluding tert-OH is 1. The molecule has 1 unspecified atom stereocenters. The predicted molar refractivity (Wildman–Crippen MR) is 76.6 cm³/mol. The first-order valence-electron chi connectivity index (χ1n) is 6.94. The van der Waals surface area contributed by atoms with Crippen molar-refractivity contribution in [3.63, 3.8) is 0 Å². The van der Waals surface area contributed by atoms with Crippen LogP contribution in [0.4, 0.5) is 18.9 Å². The molecule has 0 bridgehead atoms. The lowest BCUT2D eigenvalue weighted by atomic mass is 10.1. The van der Waals surface area contributed by atoms with Crippen LogP contribution in [0.15, 0.2) is 24.3 Å². The van der Waals surface area contributed by atoms with Gasteiger partial charge >= 0.3 is 6.18 Å². The van der Waals surface area contributed by atoms with Crippen molar-refractivity contribution in [3.8, 4) is 0 Å². The van der Waals surface area contributed by atoms with Gasteiger partial charge in [0.15, 0.2) is 6.35 Å². The third-order valence-corrected chi connectivity index (χ3v) is 3.06. The normalized spacial score (nSPS) is 14.8. The Balaban J connectivity index is 2.55. The molecule has 2 atom stereocenters. The molecule has 0 saturated heterocycles. The van der Waals surface area contributed by atoms with Gasteiger partial charge in [-0.2, -0.15) is 13.2 Å². The van der Waals surface area contributed by atoms with Crippen LogP contribution in [0, 0.1) is 0 Å². The molecular formula is C14H22F3N3O. The molecule has 21 heavy (non-hydrogen) atoms. The van der Waals surface area contributed by atoms with E-state index >= 15 is 0 Å². The standard InChI is InChI=1S/C14H22F3N3O/c1-2-3-11(8-9-18)19-13(21)20-12-6-4-10(5-7-12)14(15,16)17/h4-7,11,13,19-21H,2-3,8-9,18H2,1H3/t11?,13-/m1/s1. The number of nitrogens with one attached hydrogen (secondary N) is 2. The molecule has 1 aromatic rings. The van der Waals surface area contributed by atoms with E-state index in [2.05, 4.69) is 10.6 Å². The minimum atomic E-state index is -4.36. The monoisotopic (exact) mass is 305 g/mol. The van der Waals surface area contributed by atoms with Gasteiger partial charge in [-0.05, 0) is 43.7 Å². The van der Waals surface area contributed by atoms with Gasteiger partial charge in [-0.15, -0.1) is 0 Å². The average molecular weight is 305 g/mol. The van der Waals surface area contributed by atoms with E-state index in [1.807, 2.05) is 6.92 Å². The highest BCUT2D eigenvalue weighted by molar-refractivity contribution is 5.45. The van der Waals surface area contributed by atoms with Crippen LogP contribution in [0.5, 0.6) is 0 Å². The van der Waals surface area contributed by atoms with Gasteiger partial charge in [0.2, 0.25) is 0 Å². The molecule has 0 amide bonds. The van der Waals surface area contributed by atoms with Gasteiger partial charge in [0.25, 0.3) is 0 Å². The molecule has 0 aliphatic heterocycles. The number of hydrogen-bond donors (Lipinski definition) is 4. The molecule has 0 radical (unpaired) electrons. The van der Waals surface area contributed by atoms with Crippen molar-refractivity contribution in [3.05, 3.63) is 29.8 Å². The molecule has 0 fully saturated rings. The lowest BCUT2D eigenvalue weighted by molar-refractivity contribution is -0.137. The summed E-state index contributed by atoms with van der Waals surface area (Å²) >= 11 is 0. The first-order chi connectivity index (χ1) is 9.86. The highest BCUT2D eigenvalue weighted by Crippen LogP contribution is 2.29. The zero-order chi connectivity index (χ0) is 15.9. The number of halogens is 3. The fourth-order valence-electron chi connectivity index (χ4n) is 2.04. The Morgan fingerprint density at radius 3 is 2.29 bits per heavy atom. The van der Waals surface area contributed by atoms with Crippen LogP contribution in [-0.2, 0) is 6.18 Å². The van der Waals surface area contributed by atoms with E-state index in [9.17, 15) is 18.3 Å². The summed E-state index contributed by atoms with van der Waals surface area (Å²) in [4.78, 5) is 0. The third kappa shape index (κ3) is 6.33. The largest absolute Gasteiger partial charge is 0.416 e. The number of hydrogen-bond acceptors (Lipinski definition) is 4. The van der Waals surface area contributed by atoms with Gasteiger partial charge in [-0.3, -0.25) is 5.32 Å². The number of aliphatic hydroxyl groups is 1. The molecule has 1 aromatic carbocycles. The summed E-state index contributed by atoms with van der Waals surface area (Å²) in [6.07, 6.45) is -2.86. The highest BCUT2D eigenvalue weighted by atomic mass is 19.4. The Hall–Kier alpha value is -1.31. The number of nitrogens with two attached hydrogens (primary N) is 1. The summed E-state index contributed by atoms with van der Waals surface area (Å²) < 4.78 is 37.3. The SMILES string of the molecule is CCCC(CCN)N[C@@H](O)Nc1ccc(C(F)(F)F)cc1. The minimum absolute atomic E-state index is 0.0666. The second-order valence-corrected chi connectivity index (χ2v) is 4.85. The van der Waals surface area contributed by atoms with Crippen LogP contribution in [0.3, 0.4) is 0 Å². The van der Waals surface area contributed by atoms with Gasteiger partial charge in [-0.25, -0.2) is 0 Å². The van der Waals surface area contributed by atoms with Gasteiger partial charge in [0.05, 0.1) is 5.56 Å². The molecule has 0 aliphatic rings. The molecule has 0 aliphatic carbocycles. The van der Waals surface area contributed by atoms with Crippen molar-refractivity contribution < 1.29 is 18.3 Å². The number of rotatable bonds is 8. The van der Waals surface area contributed by atoms with Crippen molar-refractivity contribution in [1.82, 2.24) is 5.32 Å². The van der Waals surface area contributed by atoms with Gasteiger partial charge in [0, 0.05) is 11.7 Å². The van der Waals surface area contributed by atoms with Crippen LogP contribution >= 0.6 is 0 Å². The van der Waals surface area contributed by atoms with Crippen molar-refractivity contribution in [2.24, 2.45) is 5.73 Å². The maximum absolute atomic E-state index is 12.4. The Morgan fingerprint density at radius 2 is 1.81 bits per heavy atom. The van der Waals surface area contributed by atoms with E-state index in [0.717, 1.165) is 31.4 Å². The maximum Gasteiger partial charge on any atom is 0.416 e. The predicted octanol–water partition coefficient (Wildman–Crippen LogP) is 2.50. The van der Waals surface area contributed by atoms with Gasteiger partial charge in [-0.1, -0.05) is 13.3 Å². The minimum Gasteiger partial charge on any atom is -0.361 e. The second-order valence-electron chi connectivity index (χ2n) is 4.85. The molecule has 0 aromatic heterocycles. The molecule has 0 heterocycles. The quantitative estimate of drug-likeness (QED) is 0.557. The number of alkyl halides is 3. The van der Waals surface area contributed by atoms with E-state index in [1.165, 1.54) is 12.1 Å². The molecule has 120 valence electrons. The van der Waals surface area contributed by atoms with Crippen LogP contribution in [0.25, 0.3) is 0 Å². The van der Waals surface area contributed by atoms with E-state index in [-0.39, 0.29) is 6.04 Å². The van der Waals surface area contributed by atoms with E-state index in [0.29, 0.717) is 12.2 Å². The number of benzene rings is 1. The van der Waals surface area contributed by atoms with Gasteiger partial charge < -0.3 is 16.2 Å². The van der Waals surface area contributed by atoms with Crippen molar-refractivity contribution in [2.75, 3.05) is 11.9 Å². The van der Waals surface area contributed by atoms with E-state index < -0.39 is 18.1 Å². The second kappa shape index (κ2) is 8.21. The Labute approximate surface area is 122 Å². The third-order valence-electron chi connectivity index (χ3n) is 3.06. The van der Waals surface area contributed by atoms with Crippen LogP contribution in [-0.4, -0.2) is 24.0 Å². The summed E-state index contributed by atoms with van der Waals surface area (Å²) in [6, 6.07) is 4.57. The first kappa shape index (κ1) is 17.7. The maximum atomic E-state index is 12.4. The van der Waals surface area contributed by atoms with Crippen molar-refractivity contribution >= 4 is 5.69 Å². The van der Waals surface area contributed by atoms with E-state index in [1.54, 1.807) is 0 Å². The lowest BCUT2D eigenvalue weighted by Crippen LogP contribution is -2.43. The zero-order valence-corrected chi connectivity index (χ0v) is 12.0. The lowest BCUT2D eigenvalue weighted by Gasteiger charge is -2.23. The van der Waals surface area contributed by atoms with E-state index in [4.69, 9.17) is 5.73 Å². The Bertz CT molecular complexity index is 403. The van der Waals surface area contributed by atoms with Crippen LogP contribution in [0.2, 0.25) is 0 Å². The summed E-state index contributed by atoms with van der Waals surface area (Å²) in [5.41, 5.74) is 5.19. The summed E-state index contributed by atoms with van der Waals surface area (Å²) in [7, 11) is 0. The summed E-state index contributed by atoms with van der Waals surface area (Å²) in [5, 5.41) is 15.5. The molecular weight excluding hydrogens is 283 g/mol. The smallest absolute Gasteiger partial charge is 0.361 e. The number of anilines is 1. The summed E-state index contributed by atoms with van der Waals surface area (Å²) in [6.45, 7) is 2.53. The molecule has 0 saturated carbocycles. The van der Waals surface area contributed by atoms with Crippen molar-refractivity contribution in [1.29, 1.82) is 0 Å². The molecule has 1 rings (SSSR count). The fourth-order valence-corrected chi connectivity index (χ4v) is 2.04. The van der Waals surface area contributed by atoms with Crippen LogP contribution < -0.4 is 16.4 Å². The highest BCUT2D eigenvalue weighted by Gasteiger charge is 2.29. The van der Waals surface area contributed by atoms with Crippen LogP contribution in [0.1, 0.15) is 31.7 Å². The summed E-state index contributed by atoms with van der Waals surface area (Å²) in [5.74, 6) is 0. The zero-order valence-electron chi connectivity index (χ0n) is 12.0. The Kier molecular flexibility index (Phi) is 6.94. The first-order valence-corrected chi connectivity index (χ1v) is 6.94. The average Bonchev–Trinajstić information content (AvgIpc) is 2.38. The Morgan fingerprint density at radius 1 is 1.19 bits per heavy atom.